The Morgan fingerprint density at radius 3 is 2.85 bits per heavy atom. The SMILES string of the molecule is CCSc1nnc(NC(=O)c2c[nH]c(=O)n(Cc3ccccc3Cl)c2=O)s1. The standard InChI is InChI=1S/C16H14ClN5O3S2/c1-2-26-16-21-20-14(27-16)19-12(23)10-7-18-15(25)22(13(10)24)8-9-5-3-4-6-11(9)17/h3-7H,2,8H2,1H3,(H,18,25)(H,19,20,23). The van der Waals surface area contributed by atoms with Gasteiger partial charge in [0.2, 0.25) is 5.13 Å². The molecule has 0 unspecified atom stereocenters. The molecule has 0 saturated carbocycles. The van der Waals surface area contributed by atoms with Crippen LogP contribution in [0.4, 0.5) is 5.13 Å². The first-order valence-corrected chi connectivity index (χ1v) is 10.0. The smallest absolute Gasteiger partial charge is 0.313 e. The molecule has 3 aromatic rings. The number of halogens is 1. The number of carbonyl (C=O) groups is 1. The first-order chi connectivity index (χ1) is 13.0. The van der Waals surface area contributed by atoms with Crippen LogP contribution in [-0.4, -0.2) is 31.4 Å². The van der Waals surface area contributed by atoms with Crippen molar-refractivity contribution < 1.29 is 4.79 Å². The van der Waals surface area contributed by atoms with Gasteiger partial charge in [-0.1, -0.05) is 59.8 Å². The van der Waals surface area contributed by atoms with Crippen LogP contribution >= 0.6 is 34.7 Å². The van der Waals surface area contributed by atoms with Gasteiger partial charge in [-0.25, -0.2) is 4.79 Å². The van der Waals surface area contributed by atoms with Crippen molar-refractivity contribution >= 4 is 45.7 Å². The second-order valence-corrected chi connectivity index (χ2v) is 8.15. The third-order valence-corrected chi connectivity index (χ3v) is 5.71. The van der Waals surface area contributed by atoms with E-state index >= 15 is 0 Å². The number of hydrogen-bond donors (Lipinski definition) is 2. The first-order valence-electron chi connectivity index (χ1n) is 7.83. The molecule has 2 heterocycles. The van der Waals surface area contributed by atoms with Crippen molar-refractivity contribution in [2.24, 2.45) is 0 Å². The van der Waals surface area contributed by atoms with Gasteiger partial charge in [-0.15, -0.1) is 10.2 Å². The molecule has 3 rings (SSSR count). The maximum absolute atomic E-state index is 12.6. The van der Waals surface area contributed by atoms with E-state index in [0.29, 0.717) is 14.9 Å². The molecule has 0 aliphatic heterocycles. The zero-order chi connectivity index (χ0) is 19.4. The van der Waals surface area contributed by atoms with Crippen molar-refractivity contribution in [2.75, 3.05) is 11.1 Å². The number of benzene rings is 1. The lowest BCUT2D eigenvalue weighted by molar-refractivity contribution is 0.102. The van der Waals surface area contributed by atoms with Crippen molar-refractivity contribution in [1.82, 2.24) is 19.7 Å². The van der Waals surface area contributed by atoms with Gasteiger partial charge in [-0.05, 0) is 17.4 Å². The van der Waals surface area contributed by atoms with Crippen LogP contribution in [0.3, 0.4) is 0 Å². The largest absolute Gasteiger partial charge is 0.328 e. The Labute approximate surface area is 166 Å². The Kier molecular flexibility index (Phi) is 6.09. The van der Waals surface area contributed by atoms with Crippen molar-refractivity contribution in [3.63, 3.8) is 0 Å². The Balaban J connectivity index is 1.88. The maximum atomic E-state index is 12.6. The summed E-state index contributed by atoms with van der Waals surface area (Å²) in [7, 11) is 0. The summed E-state index contributed by atoms with van der Waals surface area (Å²) in [5.41, 5.74) is -0.964. The summed E-state index contributed by atoms with van der Waals surface area (Å²) in [6.45, 7) is 1.93. The van der Waals surface area contributed by atoms with Gasteiger partial charge in [-0.2, -0.15) is 0 Å². The Morgan fingerprint density at radius 1 is 1.33 bits per heavy atom. The first kappa shape index (κ1) is 19.3. The summed E-state index contributed by atoms with van der Waals surface area (Å²) in [6, 6.07) is 6.86. The third kappa shape index (κ3) is 4.46. The van der Waals surface area contributed by atoms with E-state index in [1.807, 2.05) is 6.92 Å². The summed E-state index contributed by atoms with van der Waals surface area (Å²) >= 11 is 8.80. The van der Waals surface area contributed by atoms with Crippen molar-refractivity contribution in [1.29, 1.82) is 0 Å². The predicted octanol–water partition coefficient (Wildman–Crippen LogP) is 2.45. The number of thioether (sulfide) groups is 1. The number of anilines is 1. The summed E-state index contributed by atoms with van der Waals surface area (Å²) in [5.74, 6) is 0.156. The molecule has 1 amide bonds. The molecule has 0 spiro atoms. The lowest BCUT2D eigenvalue weighted by Crippen LogP contribution is -2.39. The Morgan fingerprint density at radius 2 is 2.11 bits per heavy atom. The molecule has 0 bridgehead atoms. The molecule has 0 aliphatic rings. The summed E-state index contributed by atoms with van der Waals surface area (Å²) < 4.78 is 1.64. The minimum atomic E-state index is -0.719. The van der Waals surface area contributed by atoms with E-state index in [0.717, 1.165) is 16.5 Å². The highest BCUT2D eigenvalue weighted by Crippen LogP contribution is 2.25. The van der Waals surface area contributed by atoms with E-state index in [-0.39, 0.29) is 17.2 Å². The average molecular weight is 424 g/mol. The molecule has 11 heteroatoms. The highest BCUT2D eigenvalue weighted by atomic mass is 35.5. The molecule has 0 atom stereocenters. The normalized spacial score (nSPS) is 10.7. The fourth-order valence-corrected chi connectivity index (χ4v) is 4.06. The fourth-order valence-electron chi connectivity index (χ4n) is 2.22. The number of aromatic nitrogens is 4. The molecular weight excluding hydrogens is 410 g/mol. The second-order valence-electron chi connectivity index (χ2n) is 5.25. The van der Waals surface area contributed by atoms with Gasteiger partial charge in [0.1, 0.15) is 5.56 Å². The number of carbonyl (C=O) groups excluding carboxylic acids is 1. The van der Waals surface area contributed by atoms with Crippen LogP contribution in [0.2, 0.25) is 5.02 Å². The molecule has 2 N–H and O–H groups in total. The molecule has 27 heavy (non-hydrogen) atoms. The number of amides is 1. The minimum Gasteiger partial charge on any atom is -0.313 e. The fraction of sp³-hybridized carbons (Fsp3) is 0.188. The van der Waals surface area contributed by atoms with Crippen LogP contribution in [0.5, 0.6) is 0 Å². The number of aromatic amines is 1. The number of rotatable bonds is 6. The Bertz CT molecular complexity index is 1090. The van der Waals surface area contributed by atoms with Crippen LogP contribution in [0, 0.1) is 0 Å². The van der Waals surface area contributed by atoms with Crippen LogP contribution in [-0.2, 0) is 6.54 Å². The highest BCUT2D eigenvalue weighted by molar-refractivity contribution is 8.01. The van der Waals surface area contributed by atoms with Crippen molar-refractivity contribution in [3.05, 3.63) is 67.4 Å². The zero-order valence-electron chi connectivity index (χ0n) is 14.1. The molecule has 2 aromatic heterocycles. The van der Waals surface area contributed by atoms with Gasteiger partial charge in [0, 0.05) is 11.2 Å². The van der Waals surface area contributed by atoms with E-state index in [1.54, 1.807) is 24.3 Å². The molecule has 140 valence electrons. The van der Waals surface area contributed by atoms with Crippen LogP contribution < -0.4 is 16.6 Å². The molecule has 0 radical (unpaired) electrons. The monoisotopic (exact) mass is 423 g/mol. The zero-order valence-corrected chi connectivity index (χ0v) is 16.5. The predicted molar refractivity (Wildman–Crippen MR) is 106 cm³/mol. The number of nitrogens with one attached hydrogen (secondary N) is 2. The summed E-state index contributed by atoms with van der Waals surface area (Å²) in [5, 5.41) is 11.0. The van der Waals surface area contributed by atoms with Gasteiger partial charge >= 0.3 is 5.69 Å². The maximum Gasteiger partial charge on any atom is 0.328 e. The third-order valence-electron chi connectivity index (χ3n) is 3.49. The van der Waals surface area contributed by atoms with Crippen molar-refractivity contribution in [3.8, 4) is 0 Å². The van der Waals surface area contributed by atoms with E-state index in [2.05, 4.69) is 20.5 Å². The summed E-state index contributed by atoms with van der Waals surface area (Å²) in [4.78, 5) is 39.6. The van der Waals surface area contributed by atoms with Gasteiger partial charge in [0.25, 0.3) is 11.5 Å². The molecule has 1 aromatic carbocycles. The van der Waals surface area contributed by atoms with Crippen LogP contribution in [0.15, 0.2) is 44.4 Å². The van der Waals surface area contributed by atoms with Crippen molar-refractivity contribution in [2.45, 2.75) is 17.8 Å². The van der Waals surface area contributed by atoms with Gasteiger partial charge in [0.15, 0.2) is 4.34 Å². The number of nitrogens with zero attached hydrogens (tertiary/aromatic N) is 3. The van der Waals surface area contributed by atoms with E-state index in [1.165, 1.54) is 23.1 Å². The average Bonchev–Trinajstić information content (AvgIpc) is 3.07. The Hall–Kier alpha value is -2.43. The van der Waals surface area contributed by atoms with Crippen LogP contribution in [0.1, 0.15) is 22.8 Å². The van der Waals surface area contributed by atoms with Gasteiger partial charge in [0.05, 0.1) is 6.54 Å². The van der Waals surface area contributed by atoms with E-state index < -0.39 is 17.2 Å². The number of hydrogen-bond acceptors (Lipinski definition) is 7. The minimum absolute atomic E-state index is 0.0505. The molecule has 0 saturated heterocycles. The topological polar surface area (TPSA) is 110 Å². The molecule has 0 aliphatic carbocycles. The number of H-pyrrole nitrogens is 1. The second kappa shape index (κ2) is 8.51. The van der Waals surface area contributed by atoms with Gasteiger partial charge in [-0.3, -0.25) is 19.5 Å². The highest BCUT2D eigenvalue weighted by Gasteiger charge is 2.17. The van der Waals surface area contributed by atoms with E-state index in [9.17, 15) is 14.4 Å². The molecule has 0 fully saturated rings. The van der Waals surface area contributed by atoms with Crippen LogP contribution in [0.25, 0.3) is 0 Å². The van der Waals surface area contributed by atoms with Gasteiger partial charge < -0.3 is 4.98 Å². The van der Waals surface area contributed by atoms with E-state index in [4.69, 9.17) is 11.6 Å². The lowest BCUT2D eigenvalue weighted by atomic mass is 10.2. The lowest BCUT2D eigenvalue weighted by Gasteiger charge is -2.08. The molecular formula is C16H14ClN5O3S2. The summed E-state index contributed by atoms with van der Waals surface area (Å²) in [6.07, 6.45) is 1.09. The molecule has 8 nitrogen and oxygen atoms in total. The quantitative estimate of drug-likeness (QED) is 0.465.